The van der Waals surface area contributed by atoms with Crippen molar-refractivity contribution in [2.75, 3.05) is 19.4 Å². The van der Waals surface area contributed by atoms with Crippen molar-refractivity contribution in [3.63, 3.8) is 0 Å². The number of carbonyl (C=O) groups is 1. The largest absolute Gasteiger partial charge is 0.351 e. The highest BCUT2D eigenvalue weighted by molar-refractivity contribution is 5.75. The molecule has 116 valence electrons. The van der Waals surface area contributed by atoms with E-state index in [4.69, 9.17) is 0 Å². The van der Waals surface area contributed by atoms with E-state index in [1.54, 1.807) is 20.3 Å². The highest BCUT2D eigenvalue weighted by Crippen LogP contribution is 2.23. The lowest BCUT2D eigenvalue weighted by molar-refractivity contribution is -0.385. The molecule has 22 heavy (non-hydrogen) atoms. The standard InChI is InChI=1S/C13H14FN5O3/c1-17(2)13(20)8-18-7-9(6-15-18)16-12-4-3-10(19(21)22)5-11(12)14/h3-7,16H,8H2,1-2H3. The molecular weight excluding hydrogens is 293 g/mol. The summed E-state index contributed by atoms with van der Waals surface area (Å²) in [5.74, 6) is -0.873. The summed E-state index contributed by atoms with van der Waals surface area (Å²) in [6, 6.07) is 3.31. The Kier molecular flexibility index (Phi) is 4.35. The predicted octanol–water partition coefficient (Wildman–Crippen LogP) is 1.76. The SMILES string of the molecule is CN(C)C(=O)Cn1cc(Nc2ccc([N+](=O)[O-])cc2F)cn1. The molecule has 9 heteroatoms. The summed E-state index contributed by atoms with van der Waals surface area (Å²) in [5.41, 5.74) is 0.235. The van der Waals surface area contributed by atoms with Crippen LogP contribution in [-0.4, -0.2) is 39.6 Å². The number of nitro groups is 1. The molecule has 0 atom stereocenters. The Labute approximate surface area is 125 Å². The number of non-ortho nitro benzene ring substituents is 1. The van der Waals surface area contributed by atoms with Crippen LogP contribution in [0.2, 0.25) is 0 Å². The molecule has 0 bridgehead atoms. The molecule has 1 amide bonds. The molecule has 0 aliphatic heterocycles. The van der Waals surface area contributed by atoms with E-state index >= 15 is 0 Å². The molecule has 0 aliphatic rings. The molecule has 0 unspecified atom stereocenters. The lowest BCUT2D eigenvalue weighted by atomic mass is 10.2. The average Bonchev–Trinajstić information content (AvgIpc) is 2.88. The number of nitro benzene ring substituents is 1. The van der Waals surface area contributed by atoms with Crippen LogP contribution in [0.5, 0.6) is 0 Å². The summed E-state index contributed by atoms with van der Waals surface area (Å²) in [5, 5.41) is 17.3. The fraction of sp³-hybridized carbons (Fsp3) is 0.231. The molecule has 0 spiro atoms. The molecular formula is C13H14FN5O3. The first-order valence-corrected chi connectivity index (χ1v) is 6.30. The van der Waals surface area contributed by atoms with Crippen molar-refractivity contribution in [1.29, 1.82) is 0 Å². The monoisotopic (exact) mass is 307 g/mol. The van der Waals surface area contributed by atoms with Crippen molar-refractivity contribution >= 4 is 23.0 Å². The van der Waals surface area contributed by atoms with Crippen LogP contribution in [-0.2, 0) is 11.3 Å². The van der Waals surface area contributed by atoms with Gasteiger partial charge in [0.1, 0.15) is 6.54 Å². The number of hydrogen-bond acceptors (Lipinski definition) is 5. The van der Waals surface area contributed by atoms with Crippen LogP contribution in [0.15, 0.2) is 30.6 Å². The molecule has 8 nitrogen and oxygen atoms in total. The van der Waals surface area contributed by atoms with Crippen molar-refractivity contribution in [2.45, 2.75) is 6.54 Å². The predicted molar refractivity (Wildman–Crippen MR) is 77.3 cm³/mol. The Balaban J connectivity index is 2.10. The molecule has 1 aromatic heterocycles. The summed E-state index contributed by atoms with van der Waals surface area (Å²) < 4.78 is 15.2. The summed E-state index contributed by atoms with van der Waals surface area (Å²) >= 11 is 0. The first-order valence-electron chi connectivity index (χ1n) is 6.30. The second-order valence-electron chi connectivity index (χ2n) is 4.76. The maximum absolute atomic E-state index is 13.8. The normalized spacial score (nSPS) is 10.3. The first kappa shape index (κ1) is 15.4. The number of carbonyl (C=O) groups excluding carboxylic acids is 1. The summed E-state index contributed by atoms with van der Waals surface area (Å²) in [6.45, 7) is 0.0669. The molecule has 2 rings (SSSR count). The van der Waals surface area contributed by atoms with Crippen LogP contribution in [0.4, 0.5) is 21.5 Å². The van der Waals surface area contributed by atoms with E-state index in [1.807, 2.05) is 0 Å². The van der Waals surface area contributed by atoms with E-state index in [0.717, 1.165) is 6.07 Å². The van der Waals surface area contributed by atoms with Gasteiger partial charge in [-0.2, -0.15) is 5.10 Å². The molecule has 1 aromatic carbocycles. The number of anilines is 2. The lowest BCUT2D eigenvalue weighted by Gasteiger charge is -2.09. The number of aromatic nitrogens is 2. The lowest BCUT2D eigenvalue weighted by Crippen LogP contribution is -2.26. The van der Waals surface area contributed by atoms with E-state index in [1.165, 1.54) is 27.9 Å². The number of nitrogens with one attached hydrogen (secondary N) is 1. The molecule has 1 heterocycles. The minimum absolute atomic E-state index is 0.0669. The van der Waals surface area contributed by atoms with E-state index < -0.39 is 10.7 Å². The van der Waals surface area contributed by atoms with E-state index in [9.17, 15) is 19.3 Å². The van der Waals surface area contributed by atoms with Crippen molar-refractivity contribution in [3.8, 4) is 0 Å². The van der Waals surface area contributed by atoms with Gasteiger partial charge in [0.15, 0.2) is 5.82 Å². The topological polar surface area (TPSA) is 93.3 Å². The Bertz CT molecular complexity index is 713. The zero-order valence-corrected chi connectivity index (χ0v) is 12.0. The van der Waals surface area contributed by atoms with Crippen molar-refractivity contribution in [2.24, 2.45) is 0 Å². The van der Waals surface area contributed by atoms with Gasteiger partial charge in [-0.25, -0.2) is 4.39 Å². The van der Waals surface area contributed by atoms with Gasteiger partial charge in [0.2, 0.25) is 5.91 Å². The van der Waals surface area contributed by atoms with Gasteiger partial charge in [-0.1, -0.05) is 0 Å². The van der Waals surface area contributed by atoms with Crippen LogP contribution in [0.25, 0.3) is 0 Å². The van der Waals surface area contributed by atoms with Gasteiger partial charge in [-0.05, 0) is 6.07 Å². The van der Waals surface area contributed by atoms with E-state index in [0.29, 0.717) is 5.69 Å². The minimum atomic E-state index is -0.744. The maximum atomic E-state index is 13.8. The molecule has 0 fully saturated rings. The van der Waals surface area contributed by atoms with Gasteiger partial charge in [-0.3, -0.25) is 19.6 Å². The first-order chi connectivity index (χ1) is 10.4. The number of benzene rings is 1. The van der Waals surface area contributed by atoms with Gasteiger partial charge < -0.3 is 10.2 Å². The van der Waals surface area contributed by atoms with Gasteiger partial charge in [0.05, 0.1) is 28.6 Å². The van der Waals surface area contributed by atoms with Crippen molar-refractivity contribution in [1.82, 2.24) is 14.7 Å². The third-order valence-electron chi connectivity index (χ3n) is 2.87. The highest BCUT2D eigenvalue weighted by atomic mass is 19.1. The van der Waals surface area contributed by atoms with Gasteiger partial charge >= 0.3 is 0 Å². The van der Waals surface area contributed by atoms with Gasteiger partial charge in [0.25, 0.3) is 5.69 Å². The second kappa shape index (κ2) is 6.20. The quantitative estimate of drug-likeness (QED) is 0.671. The molecule has 0 radical (unpaired) electrons. The molecule has 0 aliphatic carbocycles. The van der Waals surface area contributed by atoms with Crippen molar-refractivity contribution < 1.29 is 14.1 Å². The van der Waals surface area contributed by atoms with Crippen LogP contribution in [0, 0.1) is 15.9 Å². The summed E-state index contributed by atoms with van der Waals surface area (Å²) in [6.07, 6.45) is 2.98. The van der Waals surface area contributed by atoms with Crippen LogP contribution in [0.1, 0.15) is 0 Å². The van der Waals surface area contributed by atoms with Crippen LogP contribution < -0.4 is 5.32 Å². The minimum Gasteiger partial charge on any atom is -0.351 e. The molecule has 1 N–H and O–H groups in total. The van der Waals surface area contributed by atoms with Crippen LogP contribution >= 0.6 is 0 Å². The third-order valence-corrected chi connectivity index (χ3v) is 2.87. The van der Waals surface area contributed by atoms with E-state index in [2.05, 4.69) is 10.4 Å². The maximum Gasteiger partial charge on any atom is 0.272 e. The zero-order valence-electron chi connectivity index (χ0n) is 12.0. The van der Waals surface area contributed by atoms with Crippen molar-refractivity contribution in [3.05, 3.63) is 46.5 Å². The Hall–Kier alpha value is -2.97. The number of nitrogens with zero attached hydrogens (tertiary/aromatic N) is 4. The number of halogens is 1. The molecule has 0 saturated carbocycles. The second-order valence-corrected chi connectivity index (χ2v) is 4.76. The Morgan fingerprint density at radius 3 is 2.82 bits per heavy atom. The number of likely N-dealkylation sites (N-methyl/N-ethyl adjacent to an activating group) is 1. The number of rotatable bonds is 5. The molecule has 0 saturated heterocycles. The smallest absolute Gasteiger partial charge is 0.272 e. The average molecular weight is 307 g/mol. The number of hydrogen-bond donors (Lipinski definition) is 1. The summed E-state index contributed by atoms with van der Waals surface area (Å²) in [7, 11) is 3.27. The highest BCUT2D eigenvalue weighted by Gasteiger charge is 2.12. The fourth-order valence-corrected chi connectivity index (χ4v) is 1.67. The van der Waals surface area contributed by atoms with Gasteiger partial charge in [0, 0.05) is 26.4 Å². The van der Waals surface area contributed by atoms with Crippen LogP contribution in [0.3, 0.4) is 0 Å². The summed E-state index contributed by atoms with van der Waals surface area (Å²) in [4.78, 5) is 22.9. The number of amides is 1. The van der Waals surface area contributed by atoms with Gasteiger partial charge in [-0.15, -0.1) is 0 Å². The Morgan fingerprint density at radius 2 is 2.23 bits per heavy atom. The molecule has 2 aromatic rings. The Morgan fingerprint density at radius 1 is 1.50 bits per heavy atom. The zero-order chi connectivity index (χ0) is 16.3. The third kappa shape index (κ3) is 3.57. The van der Waals surface area contributed by atoms with E-state index in [-0.39, 0.29) is 23.8 Å². The fourth-order valence-electron chi connectivity index (χ4n) is 1.67.